The minimum absolute atomic E-state index is 0.104. The molecule has 2 amide bonds. The van der Waals surface area contributed by atoms with Crippen molar-refractivity contribution in [3.8, 4) is 11.4 Å². The molecule has 2 aromatic heterocycles. The number of amides is 2. The zero-order chi connectivity index (χ0) is 24.9. The summed E-state index contributed by atoms with van der Waals surface area (Å²) in [6.45, 7) is 2.48. The summed E-state index contributed by atoms with van der Waals surface area (Å²) in [5.74, 6) is 1.31. The second-order valence-electron chi connectivity index (χ2n) is 8.01. The third-order valence-corrected chi connectivity index (χ3v) is 8.70. The van der Waals surface area contributed by atoms with Crippen LogP contribution < -0.4 is 5.32 Å². The van der Waals surface area contributed by atoms with Crippen molar-refractivity contribution in [1.29, 1.82) is 0 Å². The maximum atomic E-state index is 12.6. The molecule has 0 aliphatic carbocycles. The number of fused-ring (bicyclic) bond motifs is 1. The number of nitrogens with zero attached hydrogens (tertiary/aromatic N) is 5. The quantitative estimate of drug-likeness (QED) is 0.337. The maximum absolute atomic E-state index is 12.6. The number of morpholine rings is 1. The molecule has 1 N–H and O–H groups in total. The Bertz CT molecular complexity index is 1370. The zero-order valence-corrected chi connectivity index (χ0v) is 22.0. The molecule has 9 nitrogen and oxygen atoms in total. The first kappa shape index (κ1) is 24.8. The van der Waals surface area contributed by atoms with Gasteiger partial charge in [-0.3, -0.25) is 9.59 Å². The van der Waals surface area contributed by atoms with E-state index in [0.29, 0.717) is 42.9 Å². The van der Waals surface area contributed by atoms with Crippen LogP contribution in [0.1, 0.15) is 0 Å². The van der Waals surface area contributed by atoms with Crippen LogP contribution in [0.15, 0.2) is 58.0 Å². The van der Waals surface area contributed by atoms with Crippen LogP contribution in [0.3, 0.4) is 0 Å². The molecule has 3 heterocycles. The largest absolute Gasteiger partial charge is 0.378 e. The number of thioether (sulfide) groups is 2. The van der Waals surface area contributed by atoms with Crippen LogP contribution in [-0.4, -0.2) is 74.3 Å². The molecule has 0 spiro atoms. The van der Waals surface area contributed by atoms with E-state index in [9.17, 15) is 9.59 Å². The van der Waals surface area contributed by atoms with E-state index in [4.69, 9.17) is 4.74 Å². The van der Waals surface area contributed by atoms with Crippen molar-refractivity contribution >= 4 is 62.6 Å². The van der Waals surface area contributed by atoms with E-state index in [1.807, 2.05) is 65.0 Å². The van der Waals surface area contributed by atoms with Gasteiger partial charge < -0.3 is 19.5 Å². The number of benzene rings is 2. The van der Waals surface area contributed by atoms with E-state index < -0.39 is 0 Å². The average Bonchev–Trinajstić information content (AvgIpc) is 3.49. The molecule has 0 radical (unpaired) electrons. The summed E-state index contributed by atoms with van der Waals surface area (Å²) in [7, 11) is 1.89. The molecule has 0 atom stereocenters. The second-order valence-corrected chi connectivity index (χ2v) is 11.2. The topological polar surface area (TPSA) is 102 Å². The fourth-order valence-electron chi connectivity index (χ4n) is 3.68. The molecule has 0 saturated carbocycles. The van der Waals surface area contributed by atoms with E-state index in [1.165, 1.54) is 34.9 Å². The highest BCUT2D eigenvalue weighted by Crippen LogP contribution is 2.31. The number of hydrogen-bond acceptors (Lipinski definition) is 9. The van der Waals surface area contributed by atoms with E-state index >= 15 is 0 Å². The van der Waals surface area contributed by atoms with Gasteiger partial charge in [0.15, 0.2) is 15.3 Å². The first-order chi connectivity index (χ1) is 17.6. The van der Waals surface area contributed by atoms with Gasteiger partial charge in [0, 0.05) is 31.4 Å². The van der Waals surface area contributed by atoms with Gasteiger partial charge in [-0.15, -0.1) is 21.5 Å². The van der Waals surface area contributed by atoms with Crippen molar-refractivity contribution < 1.29 is 14.3 Å². The molecule has 1 saturated heterocycles. The van der Waals surface area contributed by atoms with Gasteiger partial charge in [-0.25, -0.2) is 4.98 Å². The Morgan fingerprint density at radius 2 is 1.86 bits per heavy atom. The molecule has 1 fully saturated rings. The highest BCUT2D eigenvalue weighted by atomic mass is 32.2. The Morgan fingerprint density at radius 3 is 2.67 bits per heavy atom. The maximum Gasteiger partial charge on any atom is 0.234 e. The average molecular weight is 541 g/mol. The van der Waals surface area contributed by atoms with Gasteiger partial charge in [-0.1, -0.05) is 53.9 Å². The molecule has 5 rings (SSSR count). The van der Waals surface area contributed by atoms with E-state index in [0.717, 1.165) is 25.9 Å². The monoisotopic (exact) mass is 540 g/mol. The summed E-state index contributed by atoms with van der Waals surface area (Å²) in [6.07, 6.45) is 0. The molecule has 0 bridgehead atoms. The van der Waals surface area contributed by atoms with Crippen molar-refractivity contribution in [3.63, 3.8) is 0 Å². The number of aromatic nitrogens is 4. The van der Waals surface area contributed by atoms with Gasteiger partial charge >= 0.3 is 0 Å². The van der Waals surface area contributed by atoms with Gasteiger partial charge in [0.25, 0.3) is 0 Å². The first-order valence-electron chi connectivity index (χ1n) is 11.3. The van der Waals surface area contributed by atoms with E-state index in [2.05, 4.69) is 20.5 Å². The van der Waals surface area contributed by atoms with Gasteiger partial charge in [-0.2, -0.15) is 0 Å². The van der Waals surface area contributed by atoms with Crippen molar-refractivity contribution in [2.75, 3.05) is 43.1 Å². The number of carbonyl (C=O) groups excluding carboxylic acids is 2. The smallest absolute Gasteiger partial charge is 0.234 e. The standard InChI is InChI=1S/C24H24N6O3S3/c1-29-22(16-5-3-2-4-6-16)27-28-23(29)34-14-20(31)25-17-7-8-18-19(13-17)36-24(26-18)35-15-21(32)30-9-11-33-12-10-30/h2-8,13H,9-12,14-15H2,1H3,(H,25,31). The van der Waals surface area contributed by atoms with Crippen LogP contribution in [0.25, 0.3) is 21.6 Å². The SMILES string of the molecule is Cn1c(SCC(=O)Nc2ccc3nc(SCC(=O)N4CCOCC4)sc3c2)nnc1-c1ccccc1. The number of nitrogens with one attached hydrogen (secondary N) is 1. The van der Waals surface area contributed by atoms with Crippen molar-refractivity contribution in [1.82, 2.24) is 24.6 Å². The lowest BCUT2D eigenvalue weighted by molar-refractivity contribution is -0.132. The van der Waals surface area contributed by atoms with Gasteiger partial charge in [-0.05, 0) is 18.2 Å². The van der Waals surface area contributed by atoms with Crippen LogP contribution >= 0.6 is 34.9 Å². The van der Waals surface area contributed by atoms with Gasteiger partial charge in [0.05, 0.1) is 34.9 Å². The molecular weight excluding hydrogens is 517 g/mol. The molecule has 0 unspecified atom stereocenters. The number of anilines is 1. The fraction of sp³-hybridized carbons (Fsp3) is 0.292. The lowest BCUT2D eigenvalue weighted by atomic mass is 10.2. The lowest BCUT2D eigenvalue weighted by Crippen LogP contribution is -2.41. The second kappa shape index (κ2) is 11.4. The Morgan fingerprint density at radius 1 is 1.06 bits per heavy atom. The zero-order valence-electron chi connectivity index (χ0n) is 19.5. The molecule has 12 heteroatoms. The Balaban J connectivity index is 1.15. The van der Waals surface area contributed by atoms with Crippen molar-refractivity contribution in [2.24, 2.45) is 7.05 Å². The van der Waals surface area contributed by atoms with Crippen molar-refractivity contribution in [3.05, 3.63) is 48.5 Å². The summed E-state index contributed by atoms with van der Waals surface area (Å²) < 4.78 is 8.99. The minimum atomic E-state index is -0.126. The van der Waals surface area contributed by atoms with Crippen LogP contribution in [0.2, 0.25) is 0 Å². The lowest BCUT2D eigenvalue weighted by Gasteiger charge is -2.26. The number of hydrogen-bond donors (Lipinski definition) is 1. The van der Waals surface area contributed by atoms with Crippen LogP contribution in [-0.2, 0) is 21.4 Å². The number of ether oxygens (including phenoxy) is 1. The highest BCUT2D eigenvalue weighted by Gasteiger charge is 2.18. The van der Waals surface area contributed by atoms with Gasteiger partial charge in [0.2, 0.25) is 11.8 Å². The van der Waals surface area contributed by atoms with Gasteiger partial charge in [0.1, 0.15) is 0 Å². The molecule has 4 aromatic rings. The van der Waals surface area contributed by atoms with Crippen LogP contribution in [0, 0.1) is 0 Å². The van der Waals surface area contributed by atoms with Crippen LogP contribution in [0.5, 0.6) is 0 Å². The summed E-state index contributed by atoms with van der Waals surface area (Å²) >= 11 is 4.30. The first-order valence-corrected chi connectivity index (χ1v) is 14.1. The highest BCUT2D eigenvalue weighted by molar-refractivity contribution is 8.01. The Hall–Kier alpha value is -2.93. The summed E-state index contributed by atoms with van der Waals surface area (Å²) in [5, 5.41) is 12.1. The number of rotatable bonds is 8. The molecular formula is C24H24N6O3S3. The van der Waals surface area contributed by atoms with E-state index in [-0.39, 0.29) is 17.6 Å². The number of carbonyl (C=O) groups is 2. The summed E-state index contributed by atoms with van der Waals surface area (Å²) in [6, 6.07) is 15.5. The minimum Gasteiger partial charge on any atom is -0.378 e. The summed E-state index contributed by atoms with van der Waals surface area (Å²) in [4.78, 5) is 31.4. The molecule has 1 aliphatic heterocycles. The Kier molecular flexibility index (Phi) is 7.85. The third-order valence-electron chi connectivity index (χ3n) is 5.53. The molecule has 186 valence electrons. The molecule has 36 heavy (non-hydrogen) atoms. The fourth-order valence-corrected chi connectivity index (χ4v) is 6.40. The van der Waals surface area contributed by atoms with Crippen LogP contribution in [0.4, 0.5) is 5.69 Å². The van der Waals surface area contributed by atoms with E-state index in [1.54, 1.807) is 0 Å². The van der Waals surface area contributed by atoms with Crippen molar-refractivity contribution in [2.45, 2.75) is 9.50 Å². The molecule has 2 aromatic carbocycles. The summed E-state index contributed by atoms with van der Waals surface area (Å²) in [5.41, 5.74) is 2.53. The predicted octanol–water partition coefficient (Wildman–Crippen LogP) is 3.77. The predicted molar refractivity (Wildman–Crippen MR) is 144 cm³/mol. The normalized spacial score (nSPS) is 13.8. The third kappa shape index (κ3) is 5.89. The molecule has 1 aliphatic rings. The Labute approximate surface area is 220 Å². The number of thiazole rings is 1.